The molecular formula is C52H85N11O12. The fraction of sp³-hybridized carbons (Fsp3) is 0.692. The summed E-state index contributed by atoms with van der Waals surface area (Å²) in [5, 5.41) is 40.6. The molecule has 6 amide bonds. The van der Waals surface area contributed by atoms with E-state index in [0.29, 0.717) is 25.1 Å². The van der Waals surface area contributed by atoms with Crippen molar-refractivity contribution in [1.29, 1.82) is 0 Å². The highest BCUT2D eigenvalue weighted by Crippen LogP contribution is 2.22. The number of benzene rings is 1. The topological polar surface area (TPSA) is 399 Å². The number of Topliss-reactive ketones (excluding diaryl/α,β-unsaturated/α-hetero) is 4. The molecule has 2 fully saturated rings. The first-order valence-corrected chi connectivity index (χ1v) is 26.5. The number of nitrogens with one attached hydrogen (secondary N) is 7. The van der Waals surface area contributed by atoms with Gasteiger partial charge in [0.1, 0.15) is 17.9 Å². The summed E-state index contributed by atoms with van der Waals surface area (Å²) in [6, 6.07) is 2.49. The van der Waals surface area contributed by atoms with E-state index in [1.807, 2.05) is 13.8 Å². The van der Waals surface area contributed by atoms with Gasteiger partial charge >= 0.3 is 0 Å². The third-order valence-electron chi connectivity index (χ3n) is 13.9. The van der Waals surface area contributed by atoms with Gasteiger partial charge in [-0.15, -0.1) is 0 Å². The fourth-order valence-electron chi connectivity index (χ4n) is 9.37. The number of rotatable bonds is 22. The van der Waals surface area contributed by atoms with Crippen molar-refractivity contribution in [2.24, 2.45) is 58.4 Å². The van der Waals surface area contributed by atoms with E-state index in [1.165, 1.54) is 13.8 Å². The van der Waals surface area contributed by atoms with Crippen molar-refractivity contribution in [2.75, 3.05) is 45.8 Å². The van der Waals surface area contributed by atoms with E-state index in [2.05, 4.69) is 37.2 Å². The second kappa shape index (κ2) is 32.8. The van der Waals surface area contributed by atoms with Crippen LogP contribution in [0.15, 0.2) is 30.3 Å². The van der Waals surface area contributed by atoms with Gasteiger partial charge in [-0.25, -0.2) is 0 Å². The first-order valence-electron chi connectivity index (χ1n) is 26.5. The smallest absolute Gasteiger partial charge is 0.243 e. The average Bonchev–Trinajstić information content (AvgIpc) is 3.91. The Hall–Kier alpha value is -5.56. The standard InChI is InChI=1S/C52H85N11O12/c1-29(2)22-42-52(75)62-41(13-19-56)51(74)61-40(12-18-55)46(69)27-36(30(3)64)49(72)58-21-15-33(24-44(67)39(11-17-54)60-50(73)37(31(4)65)26-43(66)34-14-20-57-28-34)47(70)59-38(10-16-53)45(68)25-35(48(71)63-42)23-32-8-6-5-7-9-32/h5-9,29-31,33-42,57,64-65H,10-28,53-56H2,1-4H3,(H,58,72)(H,59,70)(H,60,73)(H,61,74)(H,62,75)(H,63,71)/t30?,31?,33-,34?,35+,36+,37+,38+,39+,40+,41+,42+/m1/s1. The lowest BCUT2D eigenvalue weighted by Gasteiger charge is -2.28. The molecule has 0 saturated carbocycles. The normalized spacial score (nSPS) is 25.9. The summed E-state index contributed by atoms with van der Waals surface area (Å²) in [4.78, 5) is 140. The van der Waals surface area contributed by atoms with Gasteiger partial charge in [-0.1, -0.05) is 44.2 Å². The lowest BCUT2D eigenvalue weighted by atomic mass is 9.88. The first-order chi connectivity index (χ1) is 35.6. The van der Waals surface area contributed by atoms with Gasteiger partial charge in [0.05, 0.1) is 42.2 Å². The number of carbonyl (C=O) groups is 10. The first kappa shape index (κ1) is 63.7. The Morgan fingerprint density at radius 3 is 1.79 bits per heavy atom. The SMILES string of the molecule is CC(C)C[C@@H]1NC(=O)[C@@H](Cc2ccccc2)CC(=O)[C@H](CCN)NC(=O)[C@@H](CC(=O)[C@H](CCN)NC(=O)[C@@H](CC(=O)C2CCNC2)C(C)O)CCNC(=O)[C@H](C(C)O)CC(=O)[C@H](CCN)NC(=O)[C@H](CCN)NC1=O. The van der Waals surface area contributed by atoms with Crippen LogP contribution in [0.3, 0.4) is 0 Å². The summed E-state index contributed by atoms with van der Waals surface area (Å²) in [5.41, 5.74) is 24.3. The van der Waals surface area contributed by atoms with Crippen molar-refractivity contribution in [3.05, 3.63) is 35.9 Å². The molecule has 23 nitrogen and oxygen atoms in total. The van der Waals surface area contributed by atoms with E-state index in [1.54, 1.807) is 30.3 Å². The van der Waals surface area contributed by atoms with Crippen LogP contribution in [0, 0.1) is 35.5 Å². The number of hydrogen-bond donors (Lipinski definition) is 13. The third-order valence-corrected chi connectivity index (χ3v) is 13.9. The van der Waals surface area contributed by atoms with Crippen molar-refractivity contribution in [2.45, 2.75) is 147 Å². The van der Waals surface area contributed by atoms with Crippen LogP contribution in [0.2, 0.25) is 0 Å². The predicted octanol–water partition coefficient (Wildman–Crippen LogP) is -2.71. The molecular weight excluding hydrogens is 971 g/mol. The van der Waals surface area contributed by atoms with Crippen molar-refractivity contribution >= 4 is 58.6 Å². The van der Waals surface area contributed by atoms with Gasteiger partial charge in [0.15, 0.2) is 17.3 Å². The largest absolute Gasteiger partial charge is 0.393 e. The molecule has 23 heteroatoms. The van der Waals surface area contributed by atoms with Crippen LogP contribution in [-0.4, -0.2) is 157 Å². The molecule has 1 aromatic carbocycles. The molecule has 2 heterocycles. The lowest BCUT2D eigenvalue weighted by Crippen LogP contribution is -2.57. The summed E-state index contributed by atoms with van der Waals surface area (Å²) in [5.74, 6) is -12.2. The quantitative estimate of drug-likeness (QED) is 0.0561. The highest BCUT2D eigenvalue weighted by atomic mass is 16.3. The van der Waals surface area contributed by atoms with E-state index in [4.69, 9.17) is 22.9 Å². The number of amides is 6. The van der Waals surface area contributed by atoms with E-state index < -0.39 is 138 Å². The minimum Gasteiger partial charge on any atom is -0.393 e. The van der Waals surface area contributed by atoms with E-state index in [-0.39, 0.29) is 102 Å². The van der Waals surface area contributed by atoms with Crippen LogP contribution >= 0.6 is 0 Å². The van der Waals surface area contributed by atoms with Crippen molar-refractivity contribution in [3.63, 3.8) is 0 Å². The van der Waals surface area contributed by atoms with Gasteiger partial charge in [-0.05, 0) is 109 Å². The summed E-state index contributed by atoms with van der Waals surface area (Å²) in [6.45, 7) is 6.76. The molecule has 17 N–H and O–H groups in total. The van der Waals surface area contributed by atoms with Gasteiger partial charge in [-0.3, -0.25) is 47.9 Å². The summed E-state index contributed by atoms with van der Waals surface area (Å²) in [6.07, 6.45) is -4.38. The zero-order valence-corrected chi connectivity index (χ0v) is 44.1. The van der Waals surface area contributed by atoms with Gasteiger partial charge in [0.25, 0.3) is 0 Å². The number of carbonyl (C=O) groups excluding carboxylic acids is 10. The number of aliphatic hydroxyl groups is 2. The Morgan fingerprint density at radius 2 is 1.23 bits per heavy atom. The van der Waals surface area contributed by atoms with Crippen LogP contribution in [0.1, 0.15) is 104 Å². The molecule has 0 spiro atoms. The minimum atomic E-state index is -1.40. The molecule has 3 rings (SSSR count). The molecule has 1 aromatic rings. The van der Waals surface area contributed by atoms with Crippen molar-refractivity contribution < 1.29 is 58.2 Å². The molecule has 0 aliphatic carbocycles. The number of ketones is 4. The molecule has 3 unspecified atom stereocenters. The maximum Gasteiger partial charge on any atom is 0.243 e. The average molecular weight is 1060 g/mol. The second-order valence-electron chi connectivity index (χ2n) is 20.5. The summed E-state index contributed by atoms with van der Waals surface area (Å²) in [7, 11) is 0. The molecule has 75 heavy (non-hydrogen) atoms. The molecule has 0 aromatic heterocycles. The zero-order chi connectivity index (χ0) is 55.8. The van der Waals surface area contributed by atoms with Gasteiger partial charge in [0, 0.05) is 56.5 Å². The van der Waals surface area contributed by atoms with Gasteiger partial charge < -0.3 is 70.4 Å². The third kappa shape index (κ3) is 21.2. The van der Waals surface area contributed by atoms with Crippen molar-refractivity contribution in [1.82, 2.24) is 37.2 Å². The summed E-state index contributed by atoms with van der Waals surface area (Å²) < 4.78 is 0. The number of aliphatic hydroxyl groups excluding tert-OH is 2. The van der Waals surface area contributed by atoms with Crippen molar-refractivity contribution in [3.8, 4) is 0 Å². The molecule has 12 atom stereocenters. The maximum absolute atomic E-state index is 14.5. The van der Waals surface area contributed by atoms with Gasteiger partial charge in [-0.2, -0.15) is 0 Å². The second-order valence-corrected chi connectivity index (χ2v) is 20.5. The van der Waals surface area contributed by atoms with Crippen LogP contribution in [0.4, 0.5) is 0 Å². The molecule has 0 bridgehead atoms. The Bertz CT molecular complexity index is 2070. The van der Waals surface area contributed by atoms with E-state index in [0.717, 1.165) is 0 Å². The minimum absolute atomic E-state index is 0.0346. The predicted molar refractivity (Wildman–Crippen MR) is 278 cm³/mol. The fourth-order valence-corrected chi connectivity index (χ4v) is 9.37. The molecule has 2 aliphatic rings. The maximum atomic E-state index is 14.5. The molecule has 0 radical (unpaired) electrons. The summed E-state index contributed by atoms with van der Waals surface area (Å²) >= 11 is 0. The number of hydrogen-bond acceptors (Lipinski definition) is 17. The van der Waals surface area contributed by atoms with Crippen LogP contribution < -0.4 is 60.2 Å². The molecule has 2 aliphatic heterocycles. The Labute approximate surface area is 440 Å². The number of nitrogens with two attached hydrogens (primary N) is 4. The Kier molecular flexibility index (Phi) is 27.9. The molecule has 2 saturated heterocycles. The van der Waals surface area contributed by atoms with E-state index in [9.17, 15) is 58.2 Å². The Morgan fingerprint density at radius 1 is 0.667 bits per heavy atom. The highest BCUT2D eigenvalue weighted by Gasteiger charge is 2.38. The van der Waals surface area contributed by atoms with Crippen LogP contribution in [0.5, 0.6) is 0 Å². The van der Waals surface area contributed by atoms with E-state index >= 15 is 0 Å². The lowest BCUT2D eigenvalue weighted by molar-refractivity contribution is -0.137. The highest BCUT2D eigenvalue weighted by molar-refractivity contribution is 5.98. The molecule has 420 valence electrons. The Balaban J connectivity index is 2.11. The monoisotopic (exact) mass is 1060 g/mol. The van der Waals surface area contributed by atoms with Crippen LogP contribution in [0.25, 0.3) is 0 Å². The van der Waals surface area contributed by atoms with Crippen LogP contribution in [-0.2, 0) is 54.4 Å². The zero-order valence-electron chi connectivity index (χ0n) is 44.1. The van der Waals surface area contributed by atoms with Gasteiger partial charge in [0.2, 0.25) is 35.4 Å².